The van der Waals surface area contributed by atoms with Crippen LogP contribution in [0.1, 0.15) is 5.56 Å². The summed E-state index contributed by atoms with van der Waals surface area (Å²) in [7, 11) is 1.38. The van der Waals surface area contributed by atoms with Gasteiger partial charge < -0.3 is 10.4 Å². The van der Waals surface area contributed by atoms with Gasteiger partial charge in [-0.3, -0.25) is 24.1 Å². The summed E-state index contributed by atoms with van der Waals surface area (Å²) in [5.74, 6) is -6.83. The number of aryl methyl sites for hydroxylation is 1. The third-order valence-electron chi connectivity index (χ3n) is 4.65. The monoisotopic (exact) mass is 316 g/mol. The summed E-state index contributed by atoms with van der Waals surface area (Å²) in [6.07, 6.45) is 0. The van der Waals surface area contributed by atoms with Gasteiger partial charge in [-0.1, -0.05) is 12.1 Å². The van der Waals surface area contributed by atoms with Crippen molar-refractivity contribution >= 4 is 29.4 Å². The van der Waals surface area contributed by atoms with Gasteiger partial charge in [0.1, 0.15) is 0 Å². The lowest BCUT2D eigenvalue weighted by molar-refractivity contribution is -0.168. The number of imide groups is 1. The van der Waals surface area contributed by atoms with Crippen LogP contribution in [0.4, 0.5) is 5.69 Å². The minimum Gasteiger partial charge on any atom is -0.481 e. The molecule has 2 N–H and O–H groups in total. The fraction of sp³-hybridized carbons (Fsp3) is 0.375. The minimum absolute atomic E-state index is 0.411. The zero-order chi connectivity index (χ0) is 16.9. The molecule has 1 aromatic carbocycles. The van der Waals surface area contributed by atoms with Gasteiger partial charge in [0.15, 0.2) is 0 Å². The Bertz CT molecular complexity index is 729. The lowest BCUT2D eigenvalue weighted by Crippen LogP contribution is -2.57. The Kier molecular flexibility index (Phi) is 3.43. The Balaban J connectivity index is 2.00. The summed E-state index contributed by atoms with van der Waals surface area (Å²) in [6, 6.07) is 6.86. The van der Waals surface area contributed by atoms with Gasteiger partial charge in [-0.2, -0.15) is 0 Å². The smallest absolute Gasteiger partial charge is 0.308 e. The van der Waals surface area contributed by atoms with E-state index in [-0.39, 0.29) is 0 Å². The number of carboxylic acid groups (broad SMARTS) is 1. The number of nitrogens with zero attached hydrogens (tertiary/aromatic N) is 1. The van der Waals surface area contributed by atoms with Crippen LogP contribution < -0.4 is 10.2 Å². The van der Waals surface area contributed by atoms with Gasteiger partial charge >= 0.3 is 5.97 Å². The number of carboxylic acids is 1. The predicted molar refractivity (Wildman–Crippen MR) is 79.3 cm³/mol. The molecular weight excluding hydrogens is 300 g/mol. The number of hydrogen-bond donors (Lipinski definition) is 2. The standard InChI is InChI=1S/C16H16N2O5/c1-7-4-3-5-8(6-7)18-14(20)10-9(13(19)17-2)12(16(22)23)11(10)15(18)21/h3-6,9-12H,1-2H3,(H,17,19)(H,22,23). The molecule has 1 saturated heterocycles. The third-order valence-corrected chi connectivity index (χ3v) is 4.65. The van der Waals surface area contributed by atoms with E-state index >= 15 is 0 Å². The molecule has 23 heavy (non-hydrogen) atoms. The van der Waals surface area contributed by atoms with Gasteiger partial charge in [-0.25, -0.2) is 0 Å². The van der Waals surface area contributed by atoms with E-state index in [1.807, 2.05) is 13.0 Å². The summed E-state index contributed by atoms with van der Waals surface area (Å²) < 4.78 is 0. The van der Waals surface area contributed by atoms with E-state index < -0.39 is 47.4 Å². The quantitative estimate of drug-likeness (QED) is 0.774. The lowest BCUT2D eigenvalue weighted by Gasteiger charge is -2.41. The van der Waals surface area contributed by atoms with Crippen molar-refractivity contribution in [2.45, 2.75) is 6.92 Å². The number of rotatable bonds is 3. The number of carbonyl (C=O) groups excluding carboxylic acids is 3. The zero-order valence-corrected chi connectivity index (χ0v) is 12.6. The van der Waals surface area contributed by atoms with Crippen LogP contribution in [0.2, 0.25) is 0 Å². The first kappa shape index (κ1) is 15.2. The fourth-order valence-corrected chi connectivity index (χ4v) is 3.59. The lowest BCUT2D eigenvalue weighted by atomic mass is 9.57. The Morgan fingerprint density at radius 2 is 1.74 bits per heavy atom. The molecule has 0 aromatic heterocycles. The highest BCUT2D eigenvalue weighted by molar-refractivity contribution is 6.25. The summed E-state index contributed by atoms with van der Waals surface area (Å²) in [6.45, 7) is 1.83. The molecule has 1 saturated carbocycles. The highest BCUT2D eigenvalue weighted by Gasteiger charge is 2.69. The van der Waals surface area contributed by atoms with Gasteiger partial charge in [0.2, 0.25) is 17.7 Å². The molecule has 4 atom stereocenters. The first-order valence-electron chi connectivity index (χ1n) is 7.27. The van der Waals surface area contributed by atoms with Crippen LogP contribution in [-0.2, 0) is 19.2 Å². The maximum absolute atomic E-state index is 12.6. The molecule has 3 rings (SSSR count). The number of hydrogen-bond acceptors (Lipinski definition) is 4. The molecule has 7 nitrogen and oxygen atoms in total. The van der Waals surface area contributed by atoms with Gasteiger partial charge in [0.25, 0.3) is 0 Å². The average molecular weight is 316 g/mol. The summed E-state index contributed by atoms with van der Waals surface area (Å²) >= 11 is 0. The third kappa shape index (κ3) is 2.03. The van der Waals surface area contributed by atoms with Crippen LogP contribution in [0, 0.1) is 30.6 Å². The van der Waals surface area contributed by atoms with Crippen molar-refractivity contribution in [2.24, 2.45) is 23.7 Å². The zero-order valence-electron chi connectivity index (χ0n) is 12.6. The SMILES string of the molecule is CNC(=O)C1C(C(=O)O)C2C(=O)N(c3cccc(C)c3)C(=O)C12. The molecule has 1 aromatic rings. The topological polar surface area (TPSA) is 104 Å². The second-order valence-corrected chi connectivity index (χ2v) is 5.91. The van der Waals surface area contributed by atoms with Crippen molar-refractivity contribution in [2.75, 3.05) is 11.9 Å². The molecule has 120 valence electrons. The van der Waals surface area contributed by atoms with Crippen LogP contribution in [-0.4, -0.2) is 35.8 Å². The molecule has 7 heteroatoms. The molecular formula is C16H16N2O5. The molecule has 4 unspecified atom stereocenters. The van der Waals surface area contributed by atoms with E-state index in [0.717, 1.165) is 10.5 Å². The fourth-order valence-electron chi connectivity index (χ4n) is 3.59. The Morgan fingerprint density at radius 3 is 2.26 bits per heavy atom. The highest BCUT2D eigenvalue weighted by Crippen LogP contribution is 2.53. The number of anilines is 1. The summed E-state index contributed by atoms with van der Waals surface area (Å²) in [4.78, 5) is 49.6. The largest absolute Gasteiger partial charge is 0.481 e. The van der Waals surface area contributed by atoms with Crippen molar-refractivity contribution in [1.29, 1.82) is 0 Å². The van der Waals surface area contributed by atoms with E-state index in [4.69, 9.17) is 0 Å². The molecule has 1 aliphatic carbocycles. The number of amides is 3. The molecule has 3 amide bonds. The molecule has 1 aliphatic heterocycles. The predicted octanol–water partition coefficient (Wildman–Crippen LogP) is 0.177. The molecule has 2 fully saturated rings. The maximum Gasteiger partial charge on any atom is 0.308 e. The van der Waals surface area contributed by atoms with E-state index in [0.29, 0.717) is 5.69 Å². The molecule has 0 radical (unpaired) electrons. The van der Waals surface area contributed by atoms with E-state index in [9.17, 15) is 24.3 Å². The molecule has 1 heterocycles. The number of nitrogens with one attached hydrogen (secondary N) is 1. The molecule has 0 bridgehead atoms. The highest BCUT2D eigenvalue weighted by atomic mass is 16.4. The van der Waals surface area contributed by atoms with Crippen LogP contribution in [0.3, 0.4) is 0 Å². The van der Waals surface area contributed by atoms with E-state index in [1.54, 1.807) is 18.2 Å². The Hall–Kier alpha value is -2.70. The van der Waals surface area contributed by atoms with Gasteiger partial charge in [-0.05, 0) is 24.6 Å². The number of carbonyl (C=O) groups is 4. The first-order valence-corrected chi connectivity index (χ1v) is 7.27. The van der Waals surface area contributed by atoms with Crippen molar-refractivity contribution in [3.8, 4) is 0 Å². The maximum atomic E-state index is 12.6. The molecule has 0 spiro atoms. The van der Waals surface area contributed by atoms with E-state index in [1.165, 1.54) is 7.05 Å². The Morgan fingerprint density at radius 1 is 1.13 bits per heavy atom. The van der Waals surface area contributed by atoms with Gasteiger partial charge in [0, 0.05) is 7.05 Å². The Labute approximate surface area is 132 Å². The minimum atomic E-state index is -1.23. The number of benzene rings is 1. The number of aliphatic carboxylic acids is 1. The van der Waals surface area contributed by atoms with Crippen molar-refractivity contribution < 1.29 is 24.3 Å². The van der Waals surface area contributed by atoms with Crippen LogP contribution in [0.15, 0.2) is 24.3 Å². The summed E-state index contributed by atoms with van der Waals surface area (Å²) in [5.41, 5.74) is 1.29. The van der Waals surface area contributed by atoms with Crippen molar-refractivity contribution in [3.63, 3.8) is 0 Å². The van der Waals surface area contributed by atoms with Crippen molar-refractivity contribution in [3.05, 3.63) is 29.8 Å². The van der Waals surface area contributed by atoms with Crippen LogP contribution >= 0.6 is 0 Å². The normalized spacial score (nSPS) is 29.0. The number of fused-ring (bicyclic) bond motifs is 1. The second kappa shape index (κ2) is 5.19. The molecule has 2 aliphatic rings. The van der Waals surface area contributed by atoms with Gasteiger partial charge in [0.05, 0.1) is 29.4 Å². The van der Waals surface area contributed by atoms with Crippen LogP contribution in [0.25, 0.3) is 0 Å². The van der Waals surface area contributed by atoms with E-state index in [2.05, 4.69) is 5.32 Å². The van der Waals surface area contributed by atoms with Crippen molar-refractivity contribution in [1.82, 2.24) is 5.32 Å². The van der Waals surface area contributed by atoms with Gasteiger partial charge in [-0.15, -0.1) is 0 Å². The first-order chi connectivity index (χ1) is 10.9. The summed E-state index contributed by atoms with van der Waals surface area (Å²) in [5, 5.41) is 11.7. The second-order valence-electron chi connectivity index (χ2n) is 5.91. The average Bonchev–Trinajstić information content (AvgIpc) is 2.65. The van der Waals surface area contributed by atoms with Crippen LogP contribution in [0.5, 0.6) is 0 Å².